The van der Waals surface area contributed by atoms with Gasteiger partial charge in [0.15, 0.2) is 5.82 Å². The van der Waals surface area contributed by atoms with Crippen LogP contribution in [0.15, 0.2) is 28.8 Å². The maximum absolute atomic E-state index is 9.31. The minimum Gasteiger partial charge on any atom is -0.508 e. The summed E-state index contributed by atoms with van der Waals surface area (Å²) in [6, 6.07) is 6.86. The van der Waals surface area contributed by atoms with E-state index in [4.69, 9.17) is 4.52 Å². The van der Waals surface area contributed by atoms with Crippen molar-refractivity contribution in [2.75, 3.05) is 0 Å². The summed E-state index contributed by atoms with van der Waals surface area (Å²) in [7, 11) is 0. The zero-order valence-electron chi connectivity index (χ0n) is 12.5. The van der Waals surface area contributed by atoms with Crippen LogP contribution in [0.2, 0.25) is 0 Å². The van der Waals surface area contributed by atoms with Gasteiger partial charge in [-0.2, -0.15) is 4.98 Å². The summed E-state index contributed by atoms with van der Waals surface area (Å²) in [6.07, 6.45) is 7.52. The van der Waals surface area contributed by atoms with Gasteiger partial charge in [0.1, 0.15) is 5.75 Å². The van der Waals surface area contributed by atoms with E-state index < -0.39 is 0 Å². The molecule has 112 valence electrons. The summed E-state index contributed by atoms with van der Waals surface area (Å²) in [5.74, 6) is 2.95. The SMILES string of the molecule is CCCC1CCC(c2noc(-c3ccc(O)cc3)n2)CC1. The second-order valence-electron chi connectivity index (χ2n) is 6.01. The molecule has 0 atom stereocenters. The molecule has 1 N–H and O–H groups in total. The molecule has 1 aliphatic rings. The standard InChI is InChI=1S/C17H22N2O2/c1-2-3-12-4-6-13(7-5-12)16-18-17(21-19-16)14-8-10-15(20)11-9-14/h8-13,20H,2-7H2,1H3. The second-order valence-corrected chi connectivity index (χ2v) is 6.01. The Labute approximate surface area is 125 Å². The van der Waals surface area contributed by atoms with Crippen molar-refractivity contribution in [2.45, 2.75) is 51.4 Å². The summed E-state index contributed by atoms with van der Waals surface area (Å²) in [6.45, 7) is 2.26. The Morgan fingerprint density at radius 1 is 1.14 bits per heavy atom. The van der Waals surface area contributed by atoms with Crippen molar-refractivity contribution < 1.29 is 9.63 Å². The average Bonchev–Trinajstić information content (AvgIpc) is 2.99. The number of hydrogen-bond acceptors (Lipinski definition) is 4. The predicted molar refractivity (Wildman–Crippen MR) is 81.0 cm³/mol. The van der Waals surface area contributed by atoms with Crippen LogP contribution < -0.4 is 0 Å². The van der Waals surface area contributed by atoms with E-state index in [2.05, 4.69) is 17.1 Å². The molecule has 0 saturated heterocycles. The van der Waals surface area contributed by atoms with Gasteiger partial charge in [-0.05, 0) is 55.9 Å². The highest BCUT2D eigenvalue weighted by molar-refractivity contribution is 5.54. The van der Waals surface area contributed by atoms with Gasteiger partial charge < -0.3 is 9.63 Å². The van der Waals surface area contributed by atoms with Gasteiger partial charge in [0.05, 0.1) is 0 Å². The highest BCUT2D eigenvalue weighted by Crippen LogP contribution is 2.36. The third-order valence-corrected chi connectivity index (χ3v) is 4.46. The van der Waals surface area contributed by atoms with Crippen LogP contribution >= 0.6 is 0 Å². The van der Waals surface area contributed by atoms with Crippen LogP contribution in [0.4, 0.5) is 0 Å². The van der Waals surface area contributed by atoms with E-state index in [1.54, 1.807) is 24.3 Å². The first-order chi connectivity index (χ1) is 10.3. The molecule has 1 heterocycles. The van der Waals surface area contributed by atoms with Gasteiger partial charge in [-0.15, -0.1) is 0 Å². The Hall–Kier alpha value is -1.84. The second kappa shape index (κ2) is 6.29. The van der Waals surface area contributed by atoms with Crippen LogP contribution in [0.5, 0.6) is 5.75 Å². The summed E-state index contributed by atoms with van der Waals surface area (Å²) >= 11 is 0. The molecule has 0 bridgehead atoms. The fourth-order valence-electron chi connectivity index (χ4n) is 3.24. The Morgan fingerprint density at radius 2 is 1.86 bits per heavy atom. The highest BCUT2D eigenvalue weighted by Gasteiger charge is 2.25. The van der Waals surface area contributed by atoms with Crippen molar-refractivity contribution in [2.24, 2.45) is 5.92 Å². The van der Waals surface area contributed by atoms with E-state index in [1.807, 2.05) is 0 Å². The lowest BCUT2D eigenvalue weighted by Crippen LogP contribution is -2.14. The number of hydrogen-bond donors (Lipinski definition) is 1. The molecule has 1 aromatic heterocycles. The van der Waals surface area contributed by atoms with Crippen LogP contribution in [-0.4, -0.2) is 15.2 Å². The largest absolute Gasteiger partial charge is 0.508 e. The molecule has 0 spiro atoms. The topological polar surface area (TPSA) is 59.2 Å². The monoisotopic (exact) mass is 286 g/mol. The van der Waals surface area contributed by atoms with Crippen LogP contribution in [0.1, 0.15) is 57.2 Å². The van der Waals surface area contributed by atoms with Crippen LogP contribution in [0, 0.1) is 5.92 Å². The molecule has 0 aliphatic heterocycles. The van der Waals surface area contributed by atoms with Crippen molar-refractivity contribution in [3.05, 3.63) is 30.1 Å². The molecule has 4 nitrogen and oxygen atoms in total. The quantitative estimate of drug-likeness (QED) is 0.898. The Morgan fingerprint density at radius 3 is 2.52 bits per heavy atom. The molecule has 21 heavy (non-hydrogen) atoms. The Balaban J connectivity index is 1.67. The maximum atomic E-state index is 9.31. The molecular weight excluding hydrogens is 264 g/mol. The number of benzene rings is 1. The lowest BCUT2D eigenvalue weighted by atomic mass is 9.80. The Bertz CT molecular complexity index is 569. The lowest BCUT2D eigenvalue weighted by molar-refractivity contribution is 0.296. The van der Waals surface area contributed by atoms with Crippen molar-refractivity contribution in [1.82, 2.24) is 10.1 Å². The summed E-state index contributed by atoms with van der Waals surface area (Å²) in [4.78, 5) is 4.55. The van der Waals surface area contributed by atoms with Crippen molar-refractivity contribution >= 4 is 0 Å². The summed E-state index contributed by atoms with van der Waals surface area (Å²) < 4.78 is 5.38. The summed E-state index contributed by atoms with van der Waals surface area (Å²) in [5, 5.41) is 13.5. The van der Waals surface area contributed by atoms with Crippen LogP contribution in [0.25, 0.3) is 11.5 Å². The first-order valence-corrected chi connectivity index (χ1v) is 7.89. The molecule has 3 rings (SSSR count). The van der Waals surface area contributed by atoms with E-state index in [0.29, 0.717) is 11.8 Å². The minimum atomic E-state index is 0.243. The van der Waals surface area contributed by atoms with E-state index >= 15 is 0 Å². The molecule has 4 heteroatoms. The fraction of sp³-hybridized carbons (Fsp3) is 0.529. The number of nitrogens with zero attached hydrogens (tertiary/aromatic N) is 2. The number of phenolic OH excluding ortho intramolecular Hbond substituents is 1. The third kappa shape index (κ3) is 3.26. The fourth-order valence-corrected chi connectivity index (χ4v) is 3.24. The first kappa shape index (κ1) is 14.1. The summed E-state index contributed by atoms with van der Waals surface area (Å²) in [5.41, 5.74) is 0.853. The molecule has 2 aromatic rings. The van der Waals surface area contributed by atoms with Gasteiger partial charge >= 0.3 is 0 Å². The highest BCUT2D eigenvalue weighted by atomic mass is 16.5. The first-order valence-electron chi connectivity index (χ1n) is 7.89. The van der Waals surface area contributed by atoms with Gasteiger partial charge in [-0.1, -0.05) is 24.9 Å². The number of aromatic hydroxyl groups is 1. The van der Waals surface area contributed by atoms with Crippen molar-refractivity contribution in [3.8, 4) is 17.2 Å². The predicted octanol–water partition coefficient (Wildman–Crippen LogP) is 4.52. The molecule has 1 aliphatic carbocycles. The van der Waals surface area contributed by atoms with Crippen molar-refractivity contribution in [3.63, 3.8) is 0 Å². The normalized spacial score (nSPS) is 22.3. The van der Waals surface area contributed by atoms with E-state index in [9.17, 15) is 5.11 Å². The zero-order valence-corrected chi connectivity index (χ0v) is 12.5. The zero-order chi connectivity index (χ0) is 14.7. The molecular formula is C17H22N2O2. The van der Waals surface area contributed by atoms with E-state index in [-0.39, 0.29) is 5.75 Å². The number of phenols is 1. The molecule has 1 aromatic carbocycles. The minimum absolute atomic E-state index is 0.243. The average molecular weight is 286 g/mol. The van der Waals surface area contributed by atoms with Gasteiger partial charge in [0.2, 0.25) is 0 Å². The maximum Gasteiger partial charge on any atom is 0.257 e. The lowest BCUT2D eigenvalue weighted by Gasteiger charge is -2.26. The van der Waals surface area contributed by atoms with E-state index in [0.717, 1.165) is 17.3 Å². The van der Waals surface area contributed by atoms with Gasteiger partial charge in [0, 0.05) is 11.5 Å². The molecule has 1 saturated carbocycles. The molecule has 0 radical (unpaired) electrons. The van der Waals surface area contributed by atoms with E-state index in [1.165, 1.54) is 38.5 Å². The molecule has 0 unspecified atom stereocenters. The van der Waals surface area contributed by atoms with Gasteiger partial charge in [-0.25, -0.2) is 0 Å². The van der Waals surface area contributed by atoms with Gasteiger partial charge in [-0.3, -0.25) is 0 Å². The van der Waals surface area contributed by atoms with Gasteiger partial charge in [0.25, 0.3) is 5.89 Å². The van der Waals surface area contributed by atoms with Crippen LogP contribution in [-0.2, 0) is 0 Å². The van der Waals surface area contributed by atoms with Crippen molar-refractivity contribution in [1.29, 1.82) is 0 Å². The smallest absolute Gasteiger partial charge is 0.257 e. The Kier molecular flexibility index (Phi) is 4.23. The third-order valence-electron chi connectivity index (χ3n) is 4.46. The van der Waals surface area contributed by atoms with Crippen LogP contribution in [0.3, 0.4) is 0 Å². The molecule has 0 amide bonds. The molecule has 1 fully saturated rings. The number of aromatic nitrogens is 2. The number of rotatable bonds is 4.